The molecule has 4 aromatic rings. The van der Waals surface area contributed by atoms with Gasteiger partial charge in [-0.05, 0) is 61.1 Å². The first-order chi connectivity index (χ1) is 14.2. The standard InChI is InChI=1S/C23H22N4O2/c28-22(12-15-13-24-19-7-3-1-5-16(15)19)26-27-23(29)14-9-10-21-18(11-14)17-6-2-4-8-20(17)25-21/h1,3,5,7,9-11,13,24-25H,2,4,6,8,12H2,(H,26,28)(H,27,29). The zero-order chi connectivity index (χ0) is 19.8. The molecular formula is C23H22N4O2. The van der Waals surface area contributed by atoms with E-state index >= 15 is 0 Å². The molecule has 1 aliphatic rings. The smallest absolute Gasteiger partial charge is 0.269 e. The van der Waals surface area contributed by atoms with Crippen LogP contribution in [0.3, 0.4) is 0 Å². The van der Waals surface area contributed by atoms with Gasteiger partial charge in [0, 0.05) is 39.3 Å². The molecule has 0 atom stereocenters. The molecule has 2 amide bonds. The van der Waals surface area contributed by atoms with E-state index in [-0.39, 0.29) is 18.2 Å². The van der Waals surface area contributed by atoms with Crippen molar-refractivity contribution in [1.29, 1.82) is 0 Å². The van der Waals surface area contributed by atoms with Crippen LogP contribution in [0.5, 0.6) is 0 Å². The normalized spacial score (nSPS) is 13.4. The van der Waals surface area contributed by atoms with E-state index < -0.39 is 0 Å². The highest BCUT2D eigenvalue weighted by Crippen LogP contribution is 2.29. The van der Waals surface area contributed by atoms with Gasteiger partial charge in [-0.15, -0.1) is 0 Å². The van der Waals surface area contributed by atoms with Crippen LogP contribution in [0, 0.1) is 0 Å². The van der Waals surface area contributed by atoms with Crippen molar-refractivity contribution in [1.82, 2.24) is 20.8 Å². The minimum Gasteiger partial charge on any atom is -0.361 e. The molecule has 0 spiro atoms. The van der Waals surface area contributed by atoms with Crippen LogP contribution >= 0.6 is 0 Å². The van der Waals surface area contributed by atoms with Gasteiger partial charge in [-0.25, -0.2) is 0 Å². The van der Waals surface area contributed by atoms with E-state index in [0.717, 1.165) is 40.2 Å². The second kappa shape index (κ2) is 7.13. The van der Waals surface area contributed by atoms with Crippen LogP contribution in [0.4, 0.5) is 0 Å². The molecule has 2 aromatic heterocycles. The van der Waals surface area contributed by atoms with Crippen molar-refractivity contribution in [2.24, 2.45) is 0 Å². The van der Waals surface area contributed by atoms with Crippen LogP contribution in [0.25, 0.3) is 21.8 Å². The Labute approximate surface area is 167 Å². The summed E-state index contributed by atoms with van der Waals surface area (Å²) >= 11 is 0. The highest BCUT2D eigenvalue weighted by atomic mass is 16.2. The largest absolute Gasteiger partial charge is 0.361 e. The van der Waals surface area contributed by atoms with Gasteiger partial charge < -0.3 is 9.97 Å². The Morgan fingerprint density at radius 1 is 0.931 bits per heavy atom. The van der Waals surface area contributed by atoms with Gasteiger partial charge in [-0.1, -0.05) is 18.2 Å². The lowest BCUT2D eigenvalue weighted by Gasteiger charge is -2.11. The number of amides is 2. The third kappa shape index (κ3) is 3.27. The van der Waals surface area contributed by atoms with E-state index in [9.17, 15) is 9.59 Å². The van der Waals surface area contributed by atoms with E-state index in [2.05, 4.69) is 20.8 Å². The second-order valence-corrected chi connectivity index (χ2v) is 7.59. The average Bonchev–Trinajstić information content (AvgIpc) is 3.33. The number of aryl methyl sites for hydroxylation is 2. The molecule has 0 bridgehead atoms. The van der Waals surface area contributed by atoms with Gasteiger partial charge in [0.2, 0.25) is 5.91 Å². The molecule has 146 valence electrons. The zero-order valence-electron chi connectivity index (χ0n) is 16.0. The Bertz CT molecular complexity index is 1230. The van der Waals surface area contributed by atoms with E-state index in [4.69, 9.17) is 0 Å². The molecule has 0 aliphatic heterocycles. The first kappa shape index (κ1) is 17.6. The Morgan fingerprint density at radius 2 is 1.79 bits per heavy atom. The molecule has 1 aliphatic carbocycles. The van der Waals surface area contributed by atoms with E-state index in [1.54, 1.807) is 6.07 Å². The van der Waals surface area contributed by atoms with Crippen LogP contribution in [-0.4, -0.2) is 21.8 Å². The molecule has 0 saturated carbocycles. The first-order valence-electron chi connectivity index (χ1n) is 9.97. The van der Waals surface area contributed by atoms with Crippen molar-refractivity contribution >= 4 is 33.6 Å². The summed E-state index contributed by atoms with van der Waals surface area (Å²) in [7, 11) is 0. The molecule has 0 fully saturated rings. The minimum atomic E-state index is -0.315. The van der Waals surface area contributed by atoms with Crippen molar-refractivity contribution < 1.29 is 9.59 Å². The van der Waals surface area contributed by atoms with Gasteiger partial charge in [0.1, 0.15) is 0 Å². The fourth-order valence-corrected chi connectivity index (χ4v) is 4.24. The summed E-state index contributed by atoms with van der Waals surface area (Å²) in [6.45, 7) is 0. The van der Waals surface area contributed by atoms with Gasteiger partial charge in [-0.2, -0.15) is 0 Å². The Morgan fingerprint density at radius 3 is 2.72 bits per heavy atom. The van der Waals surface area contributed by atoms with Crippen molar-refractivity contribution in [3.8, 4) is 0 Å². The van der Waals surface area contributed by atoms with E-state index in [1.165, 1.54) is 24.1 Å². The number of aromatic nitrogens is 2. The molecule has 0 unspecified atom stereocenters. The summed E-state index contributed by atoms with van der Waals surface area (Å²) in [6, 6.07) is 13.5. The number of hydrazine groups is 1. The lowest BCUT2D eigenvalue weighted by atomic mass is 9.95. The number of hydrogen-bond donors (Lipinski definition) is 4. The van der Waals surface area contributed by atoms with Crippen LogP contribution in [0.1, 0.15) is 40.0 Å². The minimum absolute atomic E-state index is 0.189. The summed E-state index contributed by atoms with van der Waals surface area (Å²) < 4.78 is 0. The van der Waals surface area contributed by atoms with Gasteiger partial charge in [-0.3, -0.25) is 20.4 Å². The summed E-state index contributed by atoms with van der Waals surface area (Å²) in [5, 5.41) is 2.12. The molecular weight excluding hydrogens is 364 g/mol. The van der Waals surface area contributed by atoms with Crippen molar-refractivity contribution in [3.05, 3.63) is 71.0 Å². The summed E-state index contributed by atoms with van der Waals surface area (Å²) in [6.07, 6.45) is 6.51. The lowest BCUT2D eigenvalue weighted by molar-refractivity contribution is -0.121. The number of rotatable bonds is 3. The number of carbonyl (C=O) groups is 2. The Hall–Kier alpha value is -3.54. The second-order valence-electron chi connectivity index (χ2n) is 7.59. The number of para-hydroxylation sites is 1. The number of nitrogens with one attached hydrogen (secondary N) is 4. The fraction of sp³-hybridized carbons (Fsp3) is 0.217. The number of H-pyrrole nitrogens is 2. The number of carbonyl (C=O) groups excluding carboxylic acids is 2. The summed E-state index contributed by atoms with van der Waals surface area (Å²) in [5.74, 6) is -0.576. The molecule has 6 heteroatoms. The molecule has 2 aromatic carbocycles. The maximum Gasteiger partial charge on any atom is 0.269 e. The number of hydrogen-bond acceptors (Lipinski definition) is 2. The predicted molar refractivity (Wildman–Crippen MR) is 113 cm³/mol. The summed E-state index contributed by atoms with van der Waals surface area (Å²) in [4.78, 5) is 31.5. The van der Waals surface area contributed by atoms with Gasteiger partial charge in [0.05, 0.1) is 6.42 Å². The highest BCUT2D eigenvalue weighted by Gasteiger charge is 2.17. The Kier molecular flexibility index (Phi) is 4.31. The van der Waals surface area contributed by atoms with Crippen molar-refractivity contribution in [3.63, 3.8) is 0 Å². The third-order valence-corrected chi connectivity index (χ3v) is 5.70. The topological polar surface area (TPSA) is 89.8 Å². The summed E-state index contributed by atoms with van der Waals surface area (Å²) in [5.41, 5.74) is 11.2. The van der Waals surface area contributed by atoms with E-state index in [1.807, 2.05) is 42.6 Å². The van der Waals surface area contributed by atoms with Crippen LogP contribution < -0.4 is 10.9 Å². The van der Waals surface area contributed by atoms with Crippen molar-refractivity contribution in [2.75, 3.05) is 0 Å². The average molecular weight is 386 g/mol. The van der Waals surface area contributed by atoms with Crippen LogP contribution in [0.15, 0.2) is 48.7 Å². The third-order valence-electron chi connectivity index (χ3n) is 5.70. The molecule has 0 saturated heterocycles. The monoisotopic (exact) mass is 386 g/mol. The SMILES string of the molecule is O=C(Cc1c[nH]c2ccccc12)NNC(=O)c1ccc2[nH]c3c(c2c1)CCCC3. The van der Waals surface area contributed by atoms with E-state index in [0.29, 0.717) is 5.56 Å². The quantitative estimate of drug-likeness (QED) is 0.406. The molecule has 2 heterocycles. The number of fused-ring (bicyclic) bond motifs is 4. The number of benzene rings is 2. The highest BCUT2D eigenvalue weighted by molar-refractivity contribution is 6.00. The zero-order valence-corrected chi connectivity index (χ0v) is 16.0. The van der Waals surface area contributed by atoms with Gasteiger partial charge in [0.15, 0.2) is 0 Å². The number of aromatic amines is 2. The van der Waals surface area contributed by atoms with Crippen LogP contribution in [-0.2, 0) is 24.1 Å². The van der Waals surface area contributed by atoms with Crippen LogP contribution in [0.2, 0.25) is 0 Å². The Balaban J connectivity index is 1.27. The molecule has 0 radical (unpaired) electrons. The predicted octanol–water partition coefficient (Wildman–Crippen LogP) is 3.53. The molecule has 6 nitrogen and oxygen atoms in total. The van der Waals surface area contributed by atoms with Gasteiger partial charge >= 0.3 is 0 Å². The first-order valence-corrected chi connectivity index (χ1v) is 9.97. The maximum atomic E-state index is 12.6. The maximum absolute atomic E-state index is 12.6. The molecule has 4 N–H and O–H groups in total. The fourth-order valence-electron chi connectivity index (χ4n) is 4.24. The van der Waals surface area contributed by atoms with Gasteiger partial charge in [0.25, 0.3) is 5.91 Å². The molecule has 29 heavy (non-hydrogen) atoms. The lowest BCUT2D eigenvalue weighted by Crippen LogP contribution is -2.42. The molecule has 5 rings (SSSR count). The van der Waals surface area contributed by atoms with Crippen molar-refractivity contribution in [2.45, 2.75) is 32.1 Å².